The van der Waals surface area contributed by atoms with Gasteiger partial charge in [0.05, 0.1) is 17.5 Å². The summed E-state index contributed by atoms with van der Waals surface area (Å²) in [6.07, 6.45) is 0.00674. The van der Waals surface area contributed by atoms with Crippen molar-refractivity contribution in [2.75, 3.05) is 10.5 Å². The van der Waals surface area contributed by atoms with Crippen LogP contribution in [0.1, 0.15) is 20.8 Å². The number of hydrogen-bond donors (Lipinski definition) is 1. The van der Waals surface area contributed by atoms with Gasteiger partial charge in [0.25, 0.3) is 0 Å². The minimum Gasteiger partial charge on any atom is -0.489 e. The molecule has 0 aromatic heterocycles. The van der Waals surface area contributed by atoms with Crippen LogP contribution >= 0.6 is 0 Å². The summed E-state index contributed by atoms with van der Waals surface area (Å²) in [5.41, 5.74) is 0.484. The van der Waals surface area contributed by atoms with Crippen molar-refractivity contribution >= 4 is 15.7 Å². The topological polar surface area (TPSA) is 55.4 Å². The quantitative estimate of drug-likeness (QED) is 0.862. The predicted molar refractivity (Wildman–Crippen MR) is 65.3 cm³/mol. The molecule has 0 aliphatic heterocycles. The van der Waals surface area contributed by atoms with Crippen molar-refractivity contribution in [1.29, 1.82) is 0 Å². The SMILES string of the molecule is CCS(=O)(=O)Nc1ccccc1OC(C)C. The van der Waals surface area contributed by atoms with E-state index in [-0.39, 0.29) is 11.9 Å². The van der Waals surface area contributed by atoms with Gasteiger partial charge in [-0.05, 0) is 32.9 Å². The maximum Gasteiger partial charge on any atom is 0.232 e. The largest absolute Gasteiger partial charge is 0.489 e. The molecule has 1 rings (SSSR count). The summed E-state index contributed by atoms with van der Waals surface area (Å²) in [6.45, 7) is 5.38. The van der Waals surface area contributed by atoms with Crippen LogP contribution in [0.5, 0.6) is 5.75 Å². The molecule has 1 aromatic carbocycles. The molecule has 16 heavy (non-hydrogen) atoms. The second-order valence-electron chi connectivity index (χ2n) is 3.67. The first-order valence-corrected chi connectivity index (χ1v) is 6.86. The summed E-state index contributed by atoms with van der Waals surface area (Å²) >= 11 is 0. The molecular weight excluding hydrogens is 226 g/mol. The third kappa shape index (κ3) is 3.73. The van der Waals surface area contributed by atoms with Crippen molar-refractivity contribution in [3.63, 3.8) is 0 Å². The monoisotopic (exact) mass is 243 g/mol. The smallest absolute Gasteiger partial charge is 0.232 e. The number of hydrogen-bond acceptors (Lipinski definition) is 3. The van der Waals surface area contributed by atoms with Crippen molar-refractivity contribution in [3.8, 4) is 5.75 Å². The molecule has 0 atom stereocenters. The van der Waals surface area contributed by atoms with E-state index in [1.165, 1.54) is 0 Å². The van der Waals surface area contributed by atoms with Crippen LogP contribution in [0.25, 0.3) is 0 Å². The molecule has 0 spiro atoms. The number of ether oxygens (including phenoxy) is 1. The fraction of sp³-hybridized carbons (Fsp3) is 0.455. The van der Waals surface area contributed by atoms with Crippen molar-refractivity contribution < 1.29 is 13.2 Å². The Kier molecular flexibility index (Phi) is 4.18. The van der Waals surface area contributed by atoms with Crippen LogP contribution in [0, 0.1) is 0 Å². The molecular formula is C11H17NO3S. The molecule has 0 aliphatic carbocycles. The van der Waals surface area contributed by atoms with E-state index in [1.54, 1.807) is 25.1 Å². The Labute approximate surface area is 96.7 Å². The summed E-state index contributed by atoms with van der Waals surface area (Å²) in [6, 6.07) is 7.00. The normalized spacial score (nSPS) is 11.5. The van der Waals surface area contributed by atoms with Gasteiger partial charge >= 0.3 is 0 Å². The Hall–Kier alpha value is -1.23. The highest BCUT2D eigenvalue weighted by Crippen LogP contribution is 2.25. The summed E-state index contributed by atoms with van der Waals surface area (Å²) in [5.74, 6) is 0.595. The zero-order valence-corrected chi connectivity index (χ0v) is 10.5. The van der Waals surface area contributed by atoms with Crippen LogP contribution in [-0.2, 0) is 10.0 Å². The molecule has 0 saturated heterocycles. The molecule has 90 valence electrons. The predicted octanol–water partition coefficient (Wildman–Crippen LogP) is 2.24. The maximum absolute atomic E-state index is 11.4. The van der Waals surface area contributed by atoms with Gasteiger partial charge in [0.2, 0.25) is 10.0 Å². The molecule has 5 heteroatoms. The van der Waals surface area contributed by atoms with E-state index in [0.717, 1.165) is 0 Å². The van der Waals surface area contributed by atoms with Crippen LogP contribution in [0.4, 0.5) is 5.69 Å². The number of benzene rings is 1. The molecule has 0 heterocycles. The molecule has 0 unspecified atom stereocenters. The van der Waals surface area contributed by atoms with Crippen LogP contribution < -0.4 is 9.46 Å². The van der Waals surface area contributed by atoms with E-state index in [4.69, 9.17) is 4.74 Å². The van der Waals surface area contributed by atoms with Gasteiger partial charge in [-0.25, -0.2) is 8.42 Å². The van der Waals surface area contributed by atoms with Gasteiger partial charge in [-0.3, -0.25) is 4.72 Å². The lowest BCUT2D eigenvalue weighted by Gasteiger charge is -2.14. The lowest BCUT2D eigenvalue weighted by atomic mass is 10.3. The lowest BCUT2D eigenvalue weighted by Crippen LogP contribution is -2.16. The molecule has 4 nitrogen and oxygen atoms in total. The second-order valence-corrected chi connectivity index (χ2v) is 5.68. The molecule has 0 bridgehead atoms. The summed E-state index contributed by atoms with van der Waals surface area (Å²) in [5, 5.41) is 0. The van der Waals surface area contributed by atoms with E-state index in [2.05, 4.69) is 4.72 Å². The molecule has 0 saturated carbocycles. The van der Waals surface area contributed by atoms with Gasteiger partial charge in [-0.1, -0.05) is 12.1 Å². The highest BCUT2D eigenvalue weighted by molar-refractivity contribution is 7.92. The Bertz CT molecular complexity index is 440. The van der Waals surface area contributed by atoms with Gasteiger partial charge in [-0.2, -0.15) is 0 Å². The average molecular weight is 243 g/mol. The first kappa shape index (κ1) is 12.8. The van der Waals surface area contributed by atoms with Crippen LogP contribution in [0.15, 0.2) is 24.3 Å². The number of para-hydroxylation sites is 2. The fourth-order valence-corrected chi connectivity index (χ4v) is 1.80. The second kappa shape index (κ2) is 5.21. The van der Waals surface area contributed by atoms with Crippen molar-refractivity contribution in [1.82, 2.24) is 0 Å². The molecule has 0 fully saturated rings. The molecule has 1 N–H and O–H groups in total. The highest BCUT2D eigenvalue weighted by atomic mass is 32.2. The molecule has 0 radical (unpaired) electrons. The number of sulfonamides is 1. The van der Waals surface area contributed by atoms with Crippen molar-refractivity contribution in [3.05, 3.63) is 24.3 Å². The number of rotatable bonds is 5. The van der Waals surface area contributed by atoms with Crippen LogP contribution in [0.2, 0.25) is 0 Å². The Morgan fingerprint density at radius 2 is 1.94 bits per heavy atom. The van der Waals surface area contributed by atoms with Gasteiger partial charge in [-0.15, -0.1) is 0 Å². The first-order chi connectivity index (χ1) is 7.44. The van der Waals surface area contributed by atoms with Gasteiger partial charge < -0.3 is 4.74 Å². The third-order valence-corrected chi connectivity index (χ3v) is 3.19. The van der Waals surface area contributed by atoms with Crippen molar-refractivity contribution in [2.24, 2.45) is 0 Å². The fourth-order valence-electron chi connectivity index (χ4n) is 1.15. The Morgan fingerprint density at radius 3 is 2.50 bits per heavy atom. The minimum absolute atomic E-state index is 0.00674. The third-order valence-electron chi connectivity index (χ3n) is 1.90. The Morgan fingerprint density at radius 1 is 1.31 bits per heavy atom. The highest BCUT2D eigenvalue weighted by Gasteiger charge is 2.11. The van der Waals surface area contributed by atoms with Gasteiger partial charge in [0.15, 0.2) is 0 Å². The van der Waals surface area contributed by atoms with Gasteiger partial charge in [0.1, 0.15) is 5.75 Å². The zero-order chi connectivity index (χ0) is 12.2. The zero-order valence-electron chi connectivity index (χ0n) is 9.73. The maximum atomic E-state index is 11.4. The van der Waals surface area contributed by atoms with E-state index < -0.39 is 10.0 Å². The van der Waals surface area contributed by atoms with E-state index in [9.17, 15) is 8.42 Å². The summed E-state index contributed by atoms with van der Waals surface area (Å²) in [7, 11) is -3.26. The molecule has 0 aliphatic rings. The summed E-state index contributed by atoms with van der Waals surface area (Å²) in [4.78, 5) is 0. The van der Waals surface area contributed by atoms with Crippen LogP contribution in [-0.4, -0.2) is 20.3 Å². The van der Waals surface area contributed by atoms with E-state index >= 15 is 0 Å². The van der Waals surface area contributed by atoms with Crippen molar-refractivity contribution in [2.45, 2.75) is 26.9 Å². The van der Waals surface area contributed by atoms with Gasteiger partial charge in [0, 0.05) is 0 Å². The average Bonchev–Trinajstić information content (AvgIpc) is 2.20. The van der Waals surface area contributed by atoms with Crippen LogP contribution in [0.3, 0.4) is 0 Å². The molecule has 0 amide bonds. The number of anilines is 1. The number of nitrogens with one attached hydrogen (secondary N) is 1. The lowest BCUT2D eigenvalue weighted by molar-refractivity contribution is 0.244. The Balaban J connectivity index is 2.95. The standard InChI is InChI=1S/C11H17NO3S/c1-4-16(13,14)12-10-7-5-6-8-11(10)15-9(2)3/h5-9,12H,4H2,1-3H3. The van der Waals surface area contributed by atoms with E-state index in [1.807, 2.05) is 19.9 Å². The molecule has 1 aromatic rings. The first-order valence-electron chi connectivity index (χ1n) is 5.21. The summed E-state index contributed by atoms with van der Waals surface area (Å²) < 4.78 is 30.9. The minimum atomic E-state index is -3.26. The van der Waals surface area contributed by atoms with E-state index in [0.29, 0.717) is 11.4 Å².